The fraction of sp³-hybridized carbons (Fsp3) is 0.538. The van der Waals surface area contributed by atoms with Gasteiger partial charge < -0.3 is 4.74 Å². The third kappa shape index (κ3) is 4.14. The van der Waals surface area contributed by atoms with E-state index in [9.17, 15) is 17.2 Å². The van der Waals surface area contributed by atoms with Crippen molar-refractivity contribution in [3.8, 4) is 5.75 Å². The summed E-state index contributed by atoms with van der Waals surface area (Å²) in [5.41, 5.74) is -0.559. The molecule has 0 bridgehead atoms. The lowest BCUT2D eigenvalue weighted by Crippen LogP contribution is -2.36. The molecule has 1 saturated carbocycles. The van der Waals surface area contributed by atoms with Gasteiger partial charge in [0, 0.05) is 23.6 Å². The molecule has 2 N–H and O–H groups in total. The first kappa shape index (κ1) is 15.2. The zero-order valence-corrected chi connectivity index (χ0v) is 11.8. The van der Waals surface area contributed by atoms with Gasteiger partial charge in [0.25, 0.3) is 0 Å². The predicted octanol–water partition coefficient (Wildman–Crippen LogP) is 2.19. The summed E-state index contributed by atoms with van der Waals surface area (Å²) >= 11 is 0. The number of hydrogen-bond donors (Lipinski definition) is 1. The zero-order valence-electron chi connectivity index (χ0n) is 10.9. The highest BCUT2D eigenvalue weighted by molar-refractivity contribution is 7.89. The zero-order chi connectivity index (χ0) is 14.8. The largest absolute Gasteiger partial charge is 0.493 e. The van der Waals surface area contributed by atoms with Crippen molar-refractivity contribution in [2.24, 2.45) is 10.6 Å². The van der Waals surface area contributed by atoms with Crippen LogP contribution in [0.15, 0.2) is 18.2 Å². The lowest BCUT2D eigenvalue weighted by atomic mass is 9.90. The molecule has 0 aliphatic heterocycles. The Morgan fingerprint density at radius 3 is 2.20 bits per heavy atom. The molecular weight excluding hydrogens is 288 g/mol. The topological polar surface area (TPSA) is 69.4 Å². The van der Waals surface area contributed by atoms with Crippen LogP contribution in [-0.2, 0) is 10.0 Å². The molecule has 0 heterocycles. The minimum Gasteiger partial charge on any atom is -0.493 e. The van der Waals surface area contributed by atoms with E-state index in [1.165, 1.54) is 0 Å². The van der Waals surface area contributed by atoms with Gasteiger partial charge in [-0.1, -0.05) is 12.8 Å². The molecule has 7 heteroatoms. The monoisotopic (exact) mass is 305 g/mol. The summed E-state index contributed by atoms with van der Waals surface area (Å²) in [4.78, 5) is 0. The summed E-state index contributed by atoms with van der Waals surface area (Å²) in [6.45, 7) is 0.0896. The number of primary sulfonamides is 1. The molecule has 1 aliphatic rings. The second-order valence-electron chi connectivity index (χ2n) is 5.41. The SMILES string of the molecule is NS(=O)(=O)CC1(COc2cc(F)cc(F)c2)CCCC1. The van der Waals surface area contributed by atoms with Gasteiger partial charge in [0.1, 0.15) is 17.4 Å². The lowest BCUT2D eigenvalue weighted by Gasteiger charge is -2.27. The summed E-state index contributed by atoms with van der Waals surface area (Å²) in [5, 5.41) is 5.11. The van der Waals surface area contributed by atoms with Crippen molar-refractivity contribution in [1.29, 1.82) is 0 Å². The molecule has 0 spiro atoms. The number of benzene rings is 1. The molecule has 2 rings (SSSR count). The Kier molecular flexibility index (Phi) is 4.29. The highest BCUT2D eigenvalue weighted by Crippen LogP contribution is 2.39. The predicted molar refractivity (Wildman–Crippen MR) is 70.7 cm³/mol. The smallest absolute Gasteiger partial charge is 0.209 e. The maximum Gasteiger partial charge on any atom is 0.209 e. The van der Waals surface area contributed by atoms with Crippen molar-refractivity contribution >= 4 is 10.0 Å². The van der Waals surface area contributed by atoms with E-state index in [-0.39, 0.29) is 18.1 Å². The van der Waals surface area contributed by atoms with Crippen molar-refractivity contribution in [3.05, 3.63) is 29.8 Å². The summed E-state index contributed by atoms with van der Waals surface area (Å²) in [6.07, 6.45) is 3.16. The Labute approximate surface area is 117 Å². The van der Waals surface area contributed by atoms with Crippen LogP contribution in [0.2, 0.25) is 0 Å². The van der Waals surface area contributed by atoms with Gasteiger partial charge in [0.2, 0.25) is 10.0 Å². The number of halogens is 2. The van der Waals surface area contributed by atoms with Crippen LogP contribution in [0.4, 0.5) is 8.78 Å². The van der Waals surface area contributed by atoms with E-state index in [1.807, 2.05) is 0 Å². The normalized spacial score (nSPS) is 18.1. The van der Waals surface area contributed by atoms with Crippen molar-refractivity contribution in [2.75, 3.05) is 12.4 Å². The fourth-order valence-corrected chi connectivity index (χ4v) is 3.96. The van der Waals surface area contributed by atoms with Crippen LogP contribution in [0, 0.1) is 17.0 Å². The molecule has 112 valence electrons. The first-order valence-electron chi connectivity index (χ1n) is 6.37. The Morgan fingerprint density at radius 2 is 1.70 bits per heavy atom. The third-order valence-electron chi connectivity index (χ3n) is 3.55. The minimum absolute atomic E-state index is 0.0585. The Bertz CT molecular complexity index is 563. The van der Waals surface area contributed by atoms with E-state index in [2.05, 4.69) is 0 Å². The highest BCUT2D eigenvalue weighted by Gasteiger charge is 2.38. The van der Waals surface area contributed by atoms with Crippen molar-refractivity contribution < 1.29 is 21.9 Å². The Balaban J connectivity index is 2.09. The molecule has 4 nitrogen and oxygen atoms in total. The van der Waals surface area contributed by atoms with E-state index in [4.69, 9.17) is 9.88 Å². The second kappa shape index (κ2) is 5.65. The van der Waals surface area contributed by atoms with Crippen LogP contribution >= 0.6 is 0 Å². The van der Waals surface area contributed by atoms with Crippen molar-refractivity contribution in [3.63, 3.8) is 0 Å². The standard InChI is InChI=1S/C13H17F2NO3S/c14-10-5-11(15)7-12(6-10)19-8-13(3-1-2-4-13)9-20(16,17)18/h5-7H,1-4,8-9H2,(H2,16,17,18). The van der Waals surface area contributed by atoms with Gasteiger partial charge in [0.15, 0.2) is 0 Å². The molecule has 1 fully saturated rings. The average Bonchev–Trinajstić information content (AvgIpc) is 2.72. The maximum absolute atomic E-state index is 13.1. The lowest BCUT2D eigenvalue weighted by molar-refractivity contribution is 0.169. The van der Waals surface area contributed by atoms with Crippen LogP contribution < -0.4 is 9.88 Å². The molecule has 0 aromatic heterocycles. The van der Waals surface area contributed by atoms with Gasteiger partial charge in [-0.25, -0.2) is 22.3 Å². The number of nitrogens with two attached hydrogens (primary N) is 1. The first-order chi connectivity index (χ1) is 9.28. The molecule has 1 aromatic carbocycles. The van der Waals surface area contributed by atoms with E-state index in [0.717, 1.165) is 31.0 Å². The van der Waals surface area contributed by atoms with Gasteiger partial charge in [-0.05, 0) is 12.8 Å². The van der Waals surface area contributed by atoms with Crippen LogP contribution in [0.1, 0.15) is 25.7 Å². The molecule has 1 aliphatic carbocycles. The van der Waals surface area contributed by atoms with Gasteiger partial charge in [0.05, 0.1) is 12.4 Å². The van der Waals surface area contributed by atoms with Crippen LogP contribution in [0.25, 0.3) is 0 Å². The third-order valence-corrected chi connectivity index (χ3v) is 4.57. The van der Waals surface area contributed by atoms with Crippen molar-refractivity contribution in [2.45, 2.75) is 25.7 Å². The maximum atomic E-state index is 13.1. The van der Waals surface area contributed by atoms with Crippen molar-refractivity contribution in [1.82, 2.24) is 0 Å². The van der Waals surface area contributed by atoms with Gasteiger partial charge in [-0.3, -0.25) is 0 Å². The average molecular weight is 305 g/mol. The number of sulfonamides is 1. The molecule has 0 amide bonds. The molecule has 0 saturated heterocycles. The van der Waals surface area contributed by atoms with Crippen LogP contribution in [-0.4, -0.2) is 20.8 Å². The van der Waals surface area contributed by atoms with E-state index >= 15 is 0 Å². The summed E-state index contributed by atoms with van der Waals surface area (Å²) in [6, 6.07) is 2.90. The van der Waals surface area contributed by atoms with E-state index in [1.54, 1.807) is 0 Å². The summed E-state index contributed by atoms with van der Waals surface area (Å²) in [5.74, 6) is -1.57. The first-order valence-corrected chi connectivity index (χ1v) is 8.09. The minimum atomic E-state index is -3.61. The molecule has 20 heavy (non-hydrogen) atoms. The Hall–Kier alpha value is -1.21. The quantitative estimate of drug-likeness (QED) is 0.906. The fourth-order valence-electron chi connectivity index (χ4n) is 2.73. The molecule has 0 atom stereocenters. The summed E-state index contributed by atoms with van der Waals surface area (Å²) < 4.78 is 54.1. The van der Waals surface area contributed by atoms with Crippen LogP contribution in [0.3, 0.4) is 0 Å². The van der Waals surface area contributed by atoms with Gasteiger partial charge in [-0.2, -0.15) is 0 Å². The molecule has 1 aromatic rings. The second-order valence-corrected chi connectivity index (χ2v) is 7.02. The molecular formula is C13H17F2NO3S. The molecule has 0 unspecified atom stereocenters. The van der Waals surface area contributed by atoms with Gasteiger partial charge in [-0.15, -0.1) is 0 Å². The number of hydrogen-bond acceptors (Lipinski definition) is 3. The van der Waals surface area contributed by atoms with E-state index in [0.29, 0.717) is 12.8 Å². The van der Waals surface area contributed by atoms with E-state index < -0.39 is 27.1 Å². The highest BCUT2D eigenvalue weighted by atomic mass is 32.2. The van der Waals surface area contributed by atoms with Gasteiger partial charge >= 0.3 is 0 Å². The Morgan fingerprint density at radius 1 is 1.15 bits per heavy atom. The number of rotatable bonds is 5. The summed E-state index contributed by atoms with van der Waals surface area (Å²) in [7, 11) is -3.61. The number of ether oxygens (including phenoxy) is 1. The molecule has 0 radical (unpaired) electrons. The van der Waals surface area contributed by atoms with Crippen LogP contribution in [0.5, 0.6) is 5.75 Å².